The van der Waals surface area contributed by atoms with Gasteiger partial charge in [-0.1, -0.05) is 13.0 Å². The summed E-state index contributed by atoms with van der Waals surface area (Å²) >= 11 is 0. The molecule has 1 aliphatic heterocycles. The van der Waals surface area contributed by atoms with Crippen LogP contribution in [0.3, 0.4) is 0 Å². The Kier molecular flexibility index (Phi) is 7.26. The third-order valence-electron chi connectivity index (χ3n) is 5.87. The zero-order chi connectivity index (χ0) is 23.5. The Morgan fingerprint density at radius 1 is 1.25 bits per heavy atom. The highest BCUT2D eigenvalue weighted by Crippen LogP contribution is 2.31. The van der Waals surface area contributed by atoms with Crippen molar-refractivity contribution in [3.63, 3.8) is 0 Å². The van der Waals surface area contributed by atoms with Crippen LogP contribution in [0.4, 0.5) is 13.2 Å². The highest BCUT2D eigenvalue weighted by molar-refractivity contribution is 5.81. The lowest BCUT2D eigenvalue weighted by atomic mass is 10.00. The molecule has 6 nitrogen and oxygen atoms in total. The Balaban J connectivity index is 1.60. The molecule has 32 heavy (non-hydrogen) atoms. The monoisotopic (exact) mass is 450 g/mol. The number of hydrogen-bond acceptors (Lipinski definition) is 3. The van der Waals surface area contributed by atoms with Gasteiger partial charge in [0.2, 0.25) is 11.8 Å². The minimum Gasteiger partial charge on any atom is -0.355 e. The third-order valence-corrected chi connectivity index (χ3v) is 5.87. The van der Waals surface area contributed by atoms with Crippen molar-refractivity contribution in [2.45, 2.75) is 52.6 Å². The van der Waals surface area contributed by atoms with Crippen LogP contribution < -0.4 is 5.32 Å². The van der Waals surface area contributed by atoms with Crippen molar-refractivity contribution in [2.24, 2.45) is 5.92 Å². The first kappa shape index (κ1) is 23.8. The lowest BCUT2D eigenvalue weighted by molar-refractivity contribution is -0.137. The van der Waals surface area contributed by atoms with E-state index >= 15 is 0 Å². The molecule has 174 valence electrons. The summed E-state index contributed by atoms with van der Waals surface area (Å²) in [6.45, 7) is 7.36. The van der Waals surface area contributed by atoms with Crippen molar-refractivity contribution in [2.75, 3.05) is 19.6 Å². The quantitative estimate of drug-likeness (QED) is 0.728. The van der Waals surface area contributed by atoms with E-state index in [1.165, 1.54) is 10.7 Å². The molecule has 1 N–H and O–H groups in total. The normalized spacial score (nSPS) is 16.8. The first-order chi connectivity index (χ1) is 15.1. The van der Waals surface area contributed by atoms with Crippen LogP contribution in [0.5, 0.6) is 0 Å². The molecule has 0 aliphatic carbocycles. The number of aromatic nitrogens is 2. The number of piperidine rings is 1. The Bertz CT molecular complexity index is 984. The number of benzene rings is 1. The van der Waals surface area contributed by atoms with Crippen molar-refractivity contribution in [3.05, 3.63) is 46.8 Å². The molecule has 1 aliphatic rings. The highest BCUT2D eigenvalue weighted by Gasteiger charge is 2.31. The molecule has 1 aromatic heterocycles. The van der Waals surface area contributed by atoms with Crippen LogP contribution in [0.1, 0.15) is 48.7 Å². The number of nitrogens with one attached hydrogen (secondary N) is 1. The standard InChI is InChI=1S/C23H29F3N4O2/c1-15-6-5-11-29(14-15)22(32)9-10-27-21(31)13-20-16(2)28-30(17(20)3)19-8-4-7-18(12-19)23(24,25)26/h4,7-8,12,15H,5-6,9-11,13-14H2,1-3H3,(H,27,31). The number of likely N-dealkylation sites (tertiary alicyclic amines) is 1. The Labute approximate surface area is 185 Å². The van der Waals surface area contributed by atoms with E-state index in [-0.39, 0.29) is 36.9 Å². The number of rotatable bonds is 6. The van der Waals surface area contributed by atoms with E-state index in [9.17, 15) is 22.8 Å². The van der Waals surface area contributed by atoms with Crippen LogP contribution in [0.25, 0.3) is 5.69 Å². The maximum atomic E-state index is 13.0. The summed E-state index contributed by atoms with van der Waals surface area (Å²) in [5.74, 6) is 0.294. The summed E-state index contributed by atoms with van der Waals surface area (Å²) in [7, 11) is 0. The number of carbonyl (C=O) groups is 2. The van der Waals surface area contributed by atoms with Crippen LogP contribution in [-0.2, 0) is 22.2 Å². The first-order valence-electron chi connectivity index (χ1n) is 10.8. The van der Waals surface area contributed by atoms with E-state index in [4.69, 9.17) is 0 Å². The molecule has 2 heterocycles. The summed E-state index contributed by atoms with van der Waals surface area (Å²) in [6.07, 6.45) is -2.01. The molecular formula is C23H29F3N4O2. The zero-order valence-electron chi connectivity index (χ0n) is 18.6. The van der Waals surface area contributed by atoms with Crippen molar-refractivity contribution in [3.8, 4) is 5.69 Å². The second-order valence-electron chi connectivity index (χ2n) is 8.47. The van der Waals surface area contributed by atoms with E-state index in [0.29, 0.717) is 22.9 Å². The molecule has 0 bridgehead atoms. The molecule has 9 heteroatoms. The number of aryl methyl sites for hydroxylation is 1. The average Bonchev–Trinajstić information content (AvgIpc) is 3.01. The molecule has 1 atom stereocenters. The molecule has 3 rings (SSSR count). The van der Waals surface area contributed by atoms with Crippen molar-refractivity contribution in [1.82, 2.24) is 20.0 Å². The van der Waals surface area contributed by atoms with Gasteiger partial charge >= 0.3 is 6.18 Å². The van der Waals surface area contributed by atoms with Crippen LogP contribution in [0, 0.1) is 19.8 Å². The minimum absolute atomic E-state index is 0.0431. The SMILES string of the molecule is Cc1nn(-c2cccc(C(F)(F)F)c2)c(C)c1CC(=O)NCCC(=O)N1CCCC(C)C1. The summed E-state index contributed by atoms with van der Waals surface area (Å²) in [5, 5.41) is 7.11. The predicted molar refractivity (Wildman–Crippen MR) is 114 cm³/mol. The van der Waals surface area contributed by atoms with E-state index in [0.717, 1.165) is 38.1 Å². The summed E-state index contributed by atoms with van der Waals surface area (Å²) in [4.78, 5) is 26.6. The average molecular weight is 451 g/mol. The van der Waals surface area contributed by atoms with Gasteiger partial charge in [-0.25, -0.2) is 4.68 Å². The Hall–Kier alpha value is -2.84. The minimum atomic E-state index is -4.45. The maximum absolute atomic E-state index is 13.0. The molecule has 1 aromatic carbocycles. The van der Waals surface area contributed by atoms with Gasteiger partial charge in [0, 0.05) is 37.3 Å². The molecule has 1 fully saturated rings. The molecule has 0 saturated carbocycles. The van der Waals surface area contributed by atoms with Crippen molar-refractivity contribution >= 4 is 11.8 Å². The van der Waals surface area contributed by atoms with Crippen LogP contribution in [0.2, 0.25) is 0 Å². The van der Waals surface area contributed by atoms with Gasteiger partial charge in [-0.3, -0.25) is 9.59 Å². The Morgan fingerprint density at radius 2 is 2.00 bits per heavy atom. The fourth-order valence-corrected chi connectivity index (χ4v) is 4.10. The fourth-order valence-electron chi connectivity index (χ4n) is 4.10. The zero-order valence-corrected chi connectivity index (χ0v) is 18.6. The van der Waals surface area contributed by atoms with Crippen molar-refractivity contribution in [1.29, 1.82) is 0 Å². The van der Waals surface area contributed by atoms with E-state index in [1.807, 2.05) is 4.90 Å². The van der Waals surface area contributed by atoms with E-state index in [1.54, 1.807) is 19.9 Å². The fraction of sp³-hybridized carbons (Fsp3) is 0.522. The number of hydrogen-bond donors (Lipinski definition) is 1. The van der Waals surface area contributed by atoms with Crippen LogP contribution >= 0.6 is 0 Å². The van der Waals surface area contributed by atoms with Gasteiger partial charge in [0.05, 0.1) is 23.4 Å². The molecule has 1 unspecified atom stereocenters. The number of alkyl halides is 3. The molecular weight excluding hydrogens is 421 g/mol. The summed E-state index contributed by atoms with van der Waals surface area (Å²) < 4.78 is 40.6. The van der Waals surface area contributed by atoms with Crippen molar-refractivity contribution < 1.29 is 22.8 Å². The smallest absolute Gasteiger partial charge is 0.355 e. The van der Waals surface area contributed by atoms with Gasteiger partial charge in [0.1, 0.15) is 0 Å². The van der Waals surface area contributed by atoms with Gasteiger partial charge in [-0.2, -0.15) is 18.3 Å². The second kappa shape index (κ2) is 9.75. The van der Waals surface area contributed by atoms with Gasteiger partial charge in [0.15, 0.2) is 0 Å². The predicted octanol–water partition coefficient (Wildman–Crippen LogP) is 3.82. The number of amides is 2. The molecule has 2 amide bonds. The van der Waals surface area contributed by atoms with E-state index in [2.05, 4.69) is 17.3 Å². The first-order valence-corrected chi connectivity index (χ1v) is 10.8. The summed E-state index contributed by atoms with van der Waals surface area (Å²) in [5.41, 5.74) is 1.38. The number of nitrogens with zero attached hydrogens (tertiary/aromatic N) is 3. The molecule has 0 radical (unpaired) electrons. The van der Waals surface area contributed by atoms with Crippen LogP contribution in [0.15, 0.2) is 24.3 Å². The van der Waals surface area contributed by atoms with E-state index < -0.39 is 11.7 Å². The summed E-state index contributed by atoms with van der Waals surface area (Å²) in [6, 6.07) is 4.93. The van der Waals surface area contributed by atoms with Gasteiger partial charge in [-0.15, -0.1) is 0 Å². The third kappa shape index (κ3) is 5.69. The lowest BCUT2D eigenvalue weighted by Gasteiger charge is -2.31. The maximum Gasteiger partial charge on any atom is 0.416 e. The van der Waals surface area contributed by atoms with Gasteiger partial charge in [0.25, 0.3) is 0 Å². The number of carbonyl (C=O) groups excluding carboxylic acids is 2. The topological polar surface area (TPSA) is 67.2 Å². The lowest BCUT2D eigenvalue weighted by Crippen LogP contribution is -2.40. The highest BCUT2D eigenvalue weighted by atomic mass is 19.4. The molecule has 1 saturated heterocycles. The van der Waals surface area contributed by atoms with Gasteiger partial charge < -0.3 is 10.2 Å². The number of halogens is 3. The van der Waals surface area contributed by atoms with Crippen LogP contribution in [-0.4, -0.2) is 46.1 Å². The molecule has 0 spiro atoms. The largest absolute Gasteiger partial charge is 0.416 e. The second-order valence-corrected chi connectivity index (χ2v) is 8.47. The van der Waals surface area contributed by atoms with Gasteiger partial charge in [-0.05, 0) is 50.8 Å². The molecule has 2 aromatic rings. The Morgan fingerprint density at radius 3 is 2.69 bits per heavy atom.